The molecular formula is C21H19N3O3S2. The Balaban J connectivity index is 1.98. The van der Waals surface area contributed by atoms with Gasteiger partial charge in [0.15, 0.2) is 5.78 Å². The quantitative estimate of drug-likeness (QED) is 0.506. The first-order valence-electron chi connectivity index (χ1n) is 8.86. The van der Waals surface area contributed by atoms with Crippen molar-refractivity contribution in [3.63, 3.8) is 0 Å². The average Bonchev–Trinajstić information content (AvgIpc) is 3.11. The zero-order valence-electron chi connectivity index (χ0n) is 16.2. The number of hydrogen-bond donors (Lipinski definition) is 1. The van der Waals surface area contributed by atoms with Crippen molar-refractivity contribution >= 4 is 34.6 Å². The highest BCUT2D eigenvalue weighted by molar-refractivity contribution is 8.02. The fraction of sp³-hybridized carbons (Fsp3) is 0.238. The summed E-state index contributed by atoms with van der Waals surface area (Å²) in [6, 6.07) is 10.7. The van der Waals surface area contributed by atoms with Gasteiger partial charge < -0.3 is 5.32 Å². The predicted octanol–water partition coefficient (Wildman–Crippen LogP) is 5.18. The number of carbonyl (C=O) groups excluding carboxylic acids is 1. The summed E-state index contributed by atoms with van der Waals surface area (Å²) >= 11 is 2.95. The van der Waals surface area contributed by atoms with Crippen LogP contribution in [0.5, 0.6) is 0 Å². The Labute approximate surface area is 177 Å². The molecule has 6 nitrogen and oxygen atoms in total. The summed E-state index contributed by atoms with van der Waals surface area (Å²) in [5.74, 6) is 0.00300. The number of nitro groups is 1. The largest absolute Gasteiger partial charge is 0.353 e. The van der Waals surface area contributed by atoms with E-state index in [1.54, 1.807) is 6.07 Å². The van der Waals surface area contributed by atoms with Gasteiger partial charge in [-0.05, 0) is 43.3 Å². The number of dihydropyridines is 1. The topological polar surface area (TPSA) is 96.0 Å². The summed E-state index contributed by atoms with van der Waals surface area (Å²) in [6.45, 7) is 5.34. The van der Waals surface area contributed by atoms with Crippen molar-refractivity contribution in [2.45, 2.75) is 32.4 Å². The van der Waals surface area contributed by atoms with Gasteiger partial charge in [-0.25, -0.2) is 0 Å². The second-order valence-electron chi connectivity index (χ2n) is 6.69. The molecule has 0 bridgehead atoms. The molecule has 1 aliphatic rings. The van der Waals surface area contributed by atoms with E-state index >= 15 is 0 Å². The van der Waals surface area contributed by atoms with Gasteiger partial charge in [-0.3, -0.25) is 14.9 Å². The Morgan fingerprint density at radius 2 is 2.14 bits per heavy atom. The molecule has 1 N–H and O–H groups in total. The van der Waals surface area contributed by atoms with Crippen LogP contribution in [0.15, 0.2) is 57.6 Å². The van der Waals surface area contributed by atoms with Gasteiger partial charge in [0, 0.05) is 34.0 Å². The SMILES string of the molecule is CC(=O)C1=C(C)NC(SCc2cccc([N+](=O)[O-])c2)=C(C#N)C1c1sccc1C. The Morgan fingerprint density at radius 3 is 2.72 bits per heavy atom. The van der Waals surface area contributed by atoms with Crippen molar-refractivity contribution in [2.75, 3.05) is 0 Å². The van der Waals surface area contributed by atoms with Gasteiger partial charge in [0.05, 0.1) is 27.5 Å². The first-order valence-corrected chi connectivity index (χ1v) is 10.7. The molecule has 148 valence electrons. The number of aryl methyl sites for hydroxylation is 1. The fourth-order valence-corrected chi connectivity index (χ4v) is 5.43. The molecule has 0 spiro atoms. The minimum absolute atomic E-state index is 0.0382. The van der Waals surface area contributed by atoms with E-state index in [0.717, 1.165) is 21.7 Å². The number of Topliss-reactive ketones (excluding diaryl/α,β-unsaturated/α-hetero) is 1. The van der Waals surface area contributed by atoms with E-state index in [1.807, 2.05) is 31.4 Å². The van der Waals surface area contributed by atoms with Crippen molar-refractivity contribution < 1.29 is 9.72 Å². The number of ketones is 1. The number of nitro benzene ring substituents is 1. The first kappa shape index (κ1) is 20.8. The maximum Gasteiger partial charge on any atom is 0.269 e. The van der Waals surface area contributed by atoms with Gasteiger partial charge in [0.2, 0.25) is 0 Å². The van der Waals surface area contributed by atoms with Crippen LogP contribution in [-0.4, -0.2) is 10.7 Å². The van der Waals surface area contributed by atoms with Crippen molar-refractivity contribution in [3.8, 4) is 6.07 Å². The number of rotatable bonds is 6. The van der Waals surface area contributed by atoms with Crippen molar-refractivity contribution in [3.05, 3.63) is 83.7 Å². The highest BCUT2D eigenvalue weighted by Crippen LogP contribution is 2.44. The van der Waals surface area contributed by atoms with Crippen LogP contribution in [0.25, 0.3) is 0 Å². The molecule has 0 radical (unpaired) electrons. The number of hydrogen-bond acceptors (Lipinski definition) is 7. The number of nitriles is 1. The van der Waals surface area contributed by atoms with Crippen LogP contribution in [0.1, 0.15) is 35.8 Å². The number of allylic oxidation sites excluding steroid dienone is 3. The second kappa shape index (κ2) is 8.64. The van der Waals surface area contributed by atoms with E-state index in [1.165, 1.54) is 42.2 Å². The molecule has 1 atom stereocenters. The molecule has 2 heterocycles. The number of carbonyl (C=O) groups is 1. The molecule has 8 heteroatoms. The van der Waals surface area contributed by atoms with Crippen molar-refractivity contribution in [2.24, 2.45) is 0 Å². The molecule has 1 unspecified atom stereocenters. The lowest BCUT2D eigenvalue weighted by atomic mass is 9.84. The molecule has 2 aromatic rings. The maximum absolute atomic E-state index is 12.4. The lowest BCUT2D eigenvalue weighted by molar-refractivity contribution is -0.384. The van der Waals surface area contributed by atoms with Gasteiger partial charge in [0.1, 0.15) is 0 Å². The van der Waals surface area contributed by atoms with E-state index in [9.17, 15) is 20.2 Å². The van der Waals surface area contributed by atoms with Crippen molar-refractivity contribution in [1.29, 1.82) is 5.26 Å². The lowest BCUT2D eigenvalue weighted by Gasteiger charge is -2.29. The van der Waals surface area contributed by atoms with Gasteiger partial charge in [-0.2, -0.15) is 5.26 Å². The highest BCUT2D eigenvalue weighted by Gasteiger charge is 2.34. The van der Waals surface area contributed by atoms with E-state index in [0.29, 0.717) is 21.9 Å². The molecule has 29 heavy (non-hydrogen) atoms. The maximum atomic E-state index is 12.4. The molecule has 1 aromatic carbocycles. The molecule has 1 aliphatic heterocycles. The Morgan fingerprint density at radius 1 is 1.38 bits per heavy atom. The smallest absolute Gasteiger partial charge is 0.269 e. The summed E-state index contributed by atoms with van der Waals surface area (Å²) in [5.41, 5.74) is 3.71. The van der Waals surface area contributed by atoms with E-state index < -0.39 is 10.8 Å². The third-order valence-corrected chi connectivity index (χ3v) is 6.87. The van der Waals surface area contributed by atoms with Crippen LogP contribution < -0.4 is 5.32 Å². The molecule has 0 saturated heterocycles. The van der Waals surface area contributed by atoms with Crippen LogP contribution in [0.2, 0.25) is 0 Å². The first-order chi connectivity index (χ1) is 13.8. The number of benzene rings is 1. The van der Waals surface area contributed by atoms with Gasteiger partial charge >= 0.3 is 0 Å². The summed E-state index contributed by atoms with van der Waals surface area (Å²) in [6.07, 6.45) is 0. The summed E-state index contributed by atoms with van der Waals surface area (Å²) in [5, 5.41) is 26.8. The minimum Gasteiger partial charge on any atom is -0.353 e. The molecule has 1 aromatic heterocycles. The second-order valence-corrected chi connectivity index (χ2v) is 8.62. The number of thiophene rings is 1. The zero-order chi connectivity index (χ0) is 21.1. The average molecular weight is 426 g/mol. The van der Waals surface area contributed by atoms with Crippen LogP contribution in [0.4, 0.5) is 5.69 Å². The van der Waals surface area contributed by atoms with E-state index in [2.05, 4.69) is 11.4 Å². The standard InChI is InChI=1S/C21H19N3O3S2/c1-12-7-8-28-20(12)19-17(10-22)21(23-13(2)18(19)14(3)25)29-11-15-5-4-6-16(9-15)24(26)27/h4-9,19,23H,11H2,1-3H3. The predicted molar refractivity (Wildman–Crippen MR) is 115 cm³/mol. The fourth-order valence-electron chi connectivity index (χ4n) is 3.35. The van der Waals surface area contributed by atoms with Gasteiger partial charge in [-0.15, -0.1) is 23.1 Å². The molecule has 0 amide bonds. The molecule has 0 aliphatic carbocycles. The minimum atomic E-state index is -0.422. The summed E-state index contributed by atoms with van der Waals surface area (Å²) < 4.78 is 0. The Hall–Kier alpha value is -2.89. The summed E-state index contributed by atoms with van der Waals surface area (Å²) in [7, 11) is 0. The molecule has 0 saturated carbocycles. The number of non-ortho nitro benzene ring substituents is 1. The third kappa shape index (κ3) is 4.26. The van der Waals surface area contributed by atoms with Crippen molar-refractivity contribution in [1.82, 2.24) is 5.32 Å². The molecule has 0 fully saturated rings. The number of nitrogens with zero attached hydrogens (tertiary/aromatic N) is 2. The zero-order valence-corrected chi connectivity index (χ0v) is 17.8. The van der Waals surface area contributed by atoms with Gasteiger partial charge in [0.25, 0.3) is 5.69 Å². The lowest BCUT2D eigenvalue weighted by Crippen LogP contribution is -2.26. The van der Waals surface area contributed by atoms with Crippen LogP contribution >= 0.6 is 23.1 Å². The Bertz CT molecular complexity index is 1090. The van der Waals surface area contributed by atoms with Crippen LogP contribution in [0, 0.1) is 28.4 Å². The van der Waals surface area contributed by atoms with Gasteiger partial charge in [-0.1, -0.05) is 12.1 Å². The molecular weight excluding hydrogens is 406 g/mol. The monoisotopic (exact) mass is 425 g/mol. The van der Waals surface area contributed by atoms with E-state index in [-0.39, 0.29) is 11.5 Å². The highest BCUT2D eigenvalue weighted by atomic mass is 32.2. The summed E-state index contributed by atoms with van der Waals surface area (Å²) in [4.78, 5) is 23.9. The number of nitrogens with one attached hydrogen (secondary N) is 1. The van der Waals surface area contributed by atoms with Crippen LogP contribution in [0.3, 0.4) is 0 Å². The van der Waals surface area contributed by atoms with Crippen LogP contribution in [-0.2, 0) is 10.5 Å². The van der Waals surface area contributed by atoms with E-state index in [4.69, 9.17) is 0 Å². The third-order valence-electron chi connectivity index (χ3n) is 4.70. The molecule has 3 rings (SSSR count). The normalized spacial score (nSPS) is 16.4. The Kier molecular flexibility index (Phi) is 6.20. The number of thioether (sulfide) groups is 1.